The van der Waals surface area contributed by atoms with Crippen molar-refractivity contribution in [3.05, 3.63) is 38.7 Å². The van der Waals surface area contributed by atoms with Gasteiger partial charge in [-0.2, -0.15) is 0 Å². The van der Waals surface area contributed by atoms with Crippen molar-refractivity contribution < 1.29 is 24.2 Å². The van der Waals surface area contributed by atoms with Crippen LogP contribution < -0.4 is 16.0 Å². The van der Waals surface area contributed by atoms with Crippen molar-refractivity contribution >= 4 is 34.4 Å². The Labute approximate surface area is 148 Å². The van der Waals surface area contributed by atoms with Crippen molar-refractivity contribution in [2.45, 2.75) is 39.2 Å². The van der Waals surface area contributed by atoms with Gasteiger partial charge in [0.25, 0.3) is 0 Å². The maximum atomic E-state index is 12.1. The summed E-state index contributed by atoms with van der Waals surface area (Å²) in [6, 6.07) is 1.55. The van der Waals surface area contributed by atoms with Gasteiger partial charge >= 0.3 is 5.63 Å². The lowest BCUT2D eigenvalue weighted by atomic mass is 10.0. The molecule has 0 aliphatic heterocycles. The van der Waals surface area contributed by atoms with Crippen LogP contribution in [0.2, 0.25) is 5.02 Å². The predicted molar refractivity (Wildman–Crippen MR) is 89.4 cm³/mol. The van der Waals surface area contributed by atoms with Gasteiger partial charge in [0.15, 0.2) is 0 Å². The number of aromatic hydroxyl groups is 1. The van der Waals surface area contributed by atoms with E-state index in [0.717, 1.165) is 0 Å². The van der Waals surface area contributed by atoms with Gasteiger partial charge in [0.05, 0.1) is 29.0 Å². The van der Waals surface area contributed by atoms with Gasteiger partial charge in [-0.3, -0.25) is 4.79 Å². The Hall–Kier alpha value is -2.54. The van der Waals surface area contributed by atoms with Crippen LogP contribution >= 0.6 is 11.6 Å². The van der Waals surface area contributed by atoms with Crippen molar-refractivity contribution in [2.24, 2.45) is 0 Å². The standard InChI is InChI=1S/C17H18ClNO6/c1-3-4-12(16(22)23)19-15(21)6-10-8(2)9-5-11(18)13(20)7-14(9)25-17(10)24/h5,7,12,20H,3-4,6H2,1-2H3,(H,19,21)(H,22,23)/p-1/t12-/m1/s1. The minimum Gasteiger partial charge on any atom is -0.548 e. The lowest BCUT2D eigenvalue weighted by Crippen LogP contribution is -2.48. The normalized spacial score (nSPS) is 12.1. The van der Waals surface area contributed by atoms with Gasteiger partial charge in [0.1, 0.15) is 11.3 Å². The summed E-state index contributed by atoms with van der Waals surface area (Å²) in [7, 11) is 0. The molecule has 1 atom stereocenters. The van der Waals surface area contributed by atoms with Gasteiger partial charge < -0.3 is 24.7 Å². The van der Waals surface area contributed by atoms with Gasteiger partial charge in [-0.15, -0.1) is 0 Å². The van der Waals surface area contributed by atoms with Crippen LogP contribution in [0.25, 0.3) is 11.0 Å². The second-order valence-corrected chi connectivity index (χ2v) is 6.10. The van der Waals surface area contributed by atoms with Crippen LogP contribution in [0.1, 0.15) is 30.9 Å². The number of benzene rings is 1. The van der Waals surface area contributed by atoms with Gasteiger partial charge in [-0.1, -0.05) is 24.9 Å². The Morgan fingerprint density at radius 3 is 2.68 bits per heavy atom. The number of hydrogen-bond donors (Lipinski definition) is 2. The van der Waals surface area contributed by atoms with Crippen LogP contribution in [0.5, 0.6) is 5.75 Å². The molecule has 0 fully saturated rings. The molecular formula is C17H17ClNO6-. The number of aliphatic carboxylic acids is 1. The highest BCUT2D eigenvalue weighted by Gasteiger charge is 2.18. The average Bonchev–Trinajstić information content (AvgIpc) is 2.53. The van der Waals surface area contributed by atoms with E-state index in [-0.39, 0.29) is 34.8 Å². The van der Waals surface area contributed by atoms with Crippen molar-refractivity contribution in [2.75, 3.05) is 0 Å². The Bertz CT molecular complexity index is 889. The molecule has 7 nitrogen and oxygen atoms in total. The van der Waals surface area contributed by atoms with E-state index in [4.69, 9.17) is 16.0 Å². The van der Waals surface area contributed by atoms with Crippen LogP contribution in [0, 0.1) is 6.92 Å². The first kappa shape index (κ1) is 18.8. The summed E-state index contributed by atoms with van der Waals surface area (Å²) in [6.45, 7) is 3.40. The number of carboxylic acids is 1. The Balaban J connectivity index is 2.35. The largest absolute Gasteiger partial charge is 0.548 e. The number of carbonyl (C=O) groups excluding carboxylic acids is 2. The van der Waals surface area contributed by atoms with Crippen molar-refractivity contribution in [1.29, 1.82) is 0 Å². The van der Waals surface area contributed by atoms with E-state index in [1.807, 2.05) is 0 Å². The number of fused-ring (bicyclic) bond motifs is 1. The third-order valence-corrected chi connectivity index (χ3v) is 4.19. The predicted octanol–water partition coefficient (Wildman–Crippen LogP) is 1.04. The number of phenolic OH excluding ortho intramolecular Hbond substituents is 1. The molecule has 0 spiro atoms. The molecule has 0 saturated carbocycles. The van der Waals surface area contributed by atoms with Gasteiger partial charge in [-0.25, -0.2) is 4.79 Å². The number of hydrogen-bond acceptors (Lipinski definition) is 6. The molecule has 2 aromatic rings. The quantitative estimate of drug-likeness (QED) is 0.737. The monoisotopic (exact) mass is 366 g/mol. The molecular weight excluding hydrogens is 350 g/mol. The second-order valence-electron chi connectivity index (χ2n) is 5.70. The van der Waals surface area contributed by atoms with Gasteiger partial charge in [-0.05, 0) is 25.0 Å². The number of aryl methyl sites for hydroxylation is 1. The molecule has 2 N–H and O–H groups in total. The number of phenols is 1. The molecule has 8 heteroatoms. The molecule has 0 bridgehead atoms. The highest BCUT2D eigenvalue weighted by atomic mass is 35.5. The van der Waals surface area contributed by atoms with E-state index in [9.17, 15) is 24.6 Å². The average molecular weight is 367 g/mol. The zero-order valence-corrected chi connectivity index (χ0v) is 14.5. The van der Waals surface area contributed by atoms with Crippen LogP contribution in [0.15, 0.2) is 21.3 Å². The van der Waals surface area contributed by atoms with E-state index in [2.05, 4.69) is 5.32 Å². The fourth-order valence-electron chi connectivity index (χ4n) is 2.55. The molecule has 1 aromatic heterocycles. The molecule has 134 valence electrons. The van der Waals surface area contributed by atoms with Gasteiger partial charge in [0.2, 0.25) is 5.91 Å². The maximum absolute atomic E-state index is 12.1. The summed E-state index contributed by atoms with van der Waals surface area (Å²) in [5.41, 5.74) is -0.0151. The summed E-state index contributed by atoms with van der Waals surface area (Å²) in [5.74, 6) is -2.22. The molecule has 25 heavy (non-hydrogen) atoms. The molecule has 0 saturated heterocycles. The smallest absolute Gasteiger partial charge is 0.340 e. The van der Waals surface area contributed by atoms with E-state index in [0.29, 0.717) is 17.4 Å². The first-order chi connectivity index (χ1) is 11.7. The Kier molecular flexibility index (Phi) is 5.69. The van der Waals surface area contributed by atoms with Crippen molar-refractivity contribution in [3.63, 3.8) is 0 Å². The van der Waals surface area contributed by atoms with Crippen LogP contribution in [0.3, 0.4) is 0 Å². The number of amides is 1. The molecule has 0 radical (unpaired) electrons. The fourth-order valence-corrected chi connectivity index (χ4v) is 2.71. The molecule has 0 unspecified atom stereocenters. The highest BCUT2D eigenvalue weighted by molar-refractivity contribution is 6.32. The Morgan fingerprint density at radius 2 is 2.08 bits per heavy atom. The Morgan fingerprint density at radius 1 is 1.40 bits per heavy atom. The summed E-state index contributed by atoms with van der Waals surface area (Å²) >= 11 is 5.87. The summed E-state index contributed by atoms with van der Waals surface area (Å²) in [4.78, 5) is 35.3. The lowest BCUT2D eigenvalue weighted by Gasteiger charge is -2.19. The second kappa shape index (κ2) is 7.57. The van der Waals surface area contributed by atoms with Crippen LogP contribution in [-0.4, -0.2) is 23.0 Å². The number of carbonyl (C=O) groups is 2. The van der Waals surface area contributed by atoms with Gasteiger partial charge in [0, 0.05) is 11.5 Å². The van der Waals surface area contributed by atoms with Crippen LogP contribution in [0.4, 0.5) is 0 Å². The SMILES string of the molecule is CCC[C@@H](NC(=O)Cc1c(C)c2cc(Cl)c(O)cc2oc1=O)C(=O)[O-]. The minimum atomic E-state index is -1.38. The number of nitrogens with one attached hydrogen (secondary N) is 1. The van der Waals surface area contributed by atoms with E-state index in [1.54, 1.807) is 13.8 Å². The van der Waals surface area contributed by atoms with E-state index < -0.39 is 23.5 Å². The maximum Gasteiger partial charge on any atom is 0.340 e. The summed E-state index contributed by atoms with van der Waals surface area (Å²) < 4.78 is 5.13. The molecule has 1 heterocycles. The fraction of sp³-hybridized carbons (Fsp3) is 0.353. The van der Waals surface area contributed by atoms with Crippen molar-refractivity contribution in [1.82, 2.24) is 5.32 Å². The number of carboxylic acid groups (broad SMARTS) is 1. The molecule has 0 aliphatic rings. The molecule has 1 aromatic carbocycles. The minimum absolute atomic E-state index is 0.0832. The first-order valence-corrected chi connectivity index (χ1v) is 8.07. The van der Waals surface area contributed by atoms with E-state index >= 15 is 0 Å². The third-order valence-electron chi connectivity index (χ3n) is 3.89. The van der Waals surface area contributed by atoms with Crippen molar-refractivity contribution in [3.8, 4) is 5.75 Å². The topological polar surface area (TPSA) is 120 Å². The summed E-state index contributed by atoms with van der Waals surface area (Å²) in [6.07, 6.45) is 0.447. The summed E-state index contributed by atoms with van der Waals surface area (Å²) in [5, 5.41) is 23.5. The zero-order chi connectivity index (χ0) is 18.7. The molecule has 0 aliphatic carbocycles. The first-order valence-electron chi connectivity index (χ1n) is 7.69. The molecule has 1 amide bonds. The third kappa shape index (κ3) is 4.11. The lowest BCUT2D eigenvalue weighted by molar-refractivity contribution is -0.308. The molecule has 2 rings (SSSR count). The zero-order valence-electron chi connectivity index (χ0n) is 13.7. The van der Waals surface area contributed by atoms with E-state index in [1.165, 1.54) is 12.1 Å². The van der Waals surface area contributed by atoms with Crippen LogP contribution in [-0.2, 0) is 16.0 Å². The number of halogens is 1. The number of rotatable bonds is 6. The highest BCUT2D eigenvalue weighted by Crippen LogP contribution is 2.30.